The number of aliphatic hydroxyl groups is 1. The molecule has 0 heterocycles. The zero-order valence-electron chi connectivity index (χ0n) is 12.9. The Morgan fingerprint density at radius 3 is 2.35 bits per heavy atom. The van der Waals surface area contributed by atoms with Crippen molar-refractivity contribution in [1.82, 2.24) is 0 Å². The van der Waals surface area contributed by atoms with Crippen LogP contribution in [0, 0.1) is 5.92 Å². The molecule has 0 amide bonds. The number of rotatable bonds is 5. The standard InChI is InChI=1S/C16H25NO3/c1-10(2)12-6-13(16(4,5)19)8-14(7-12)20-15(18)11(3)9-17/h6-8,10-11,19H,9,17H2,1-5H3. The van der Waals surface area contributed by atoms with Crippen molar-refractivity contribution in [2.75, 3.05) is 6.54 Å². The van der Waals surface area contributed by atoms with Crippen LogP contribution in [-0.4, -0.2) is 17.6 Å². The molecule has 0 aliphatic rings. The Labute approximate surface area is 120 Å². The zero-order valence-corrected chi connectivity index (χ0v) is 12.9. The number of esters is 1. The highest BCUT2D eigenvalue weighted by atomic mass is 16.5. The van der Waals surface area contributed by atoms with Gasteiger partial charge in [0.05, 0.1) is 11.5 Å². The van der Waals surface area contributed by atoms with E-state index in [1.807, 2.05) is 12.1 Å². The predicted octanol–water partition coefficient (Wildman–Crippen LogP) is 2.54. The predicted molar refractivity (Wildman–Crippen MR) is 79.6 cm³/mol. The van der Waals surface area contributed by atoms with Crippen molar-refractivity contribution >= 4 is 5.97 Å². The highest BCUT2D eigenvalue weighted by molar-refractivity contribution is 5.75. The van der Waals surface area contributed by atoms with Gasteiger partial charge in [0, 0.05) is 6.54 Å². The summed E-state index contributed by atoms with van der Waals surface area (Å²) in [6.45, 7) is 9.50. The molecule has 1 unspecified atom stereocenters. The molecule has 0 aromatic heterocycles. The van der Waals surface area contributed by atoms with Gasteiger partial charge in [-0.2, -0.15) is 0 Å². The molecule has 0 saturated carbocycles. The molecular formula is C16H25NO3. The summed E-state index contributed by atoms with van der Waals surface area (Å²) in [5, 5.41) is 10.1. The van der Waals surface area contributed by atoms with Crippen molar-refractivity contribution in [2.24, 2.45) is 11.7 Å². The number of benzene rings is 1. The quantitative estimate of drug-likeness (QED) is 0.641. The van der Waals surface area contributed by atoms with Crippen LogP contribution < -0.4 is 10.5 Å². The second kappa shape index (κ2) is 6.37. The smallest absolute Gasteiger partial charge is 0.315 e. The van der Waals surface area contributed by atoms with Crippen LogP contribution in [0.25, 0.3) is 0 Å². The number of carbonyl (C=O) groups excluding carboxylic acids is 1. The van der Waals surface area contributed by atoms with Gasteiger partial charge < -0.3 is 15.6 Å². The Morgan fingerprint density at radius 1 is 1.30 bits per heavy atom. The van der Waals surface area contributed by atoms with Gasteiger partial charge in [0.1, 0.15) is 5.75 Å². The van der Waals surface area contributed by atoms with Gasteiger partial charge in [-0.1, -0.05) is 26.8 Å². The van der Waals surface area contributed by atoms with Crippen molar-refractivity contribution in [3.8, 4) is 5.75 Å². The molecule has 0 bridgehead atoms. The van der Waals surface area contributed by atoms with Gasteiger partial charge in [0.15, 0.2) is 0 Å². The Hall–Kier alpha value is -1.39. The lowest BCUT2D eigenvalue weighted by atomic mass is 9.92. The van der Waals surface area contributed by atoms with E-state index in [0.717, 1.165) is 11.1 Å². The van der Waals surface area contributed by atoms with Crippen LogP contribution in [0.2, 0.25) is 0 Å². The van der Waals surface area contributed by atoms with E-state index in [2.05, 4.69) is 13.8 Å². The fraction of sp³-hybridized carbons (Fsp3) is 0.562. The van der Waals surface area contributed by atoms with Crippen LogP contribution in [-0.2, 0) is 10.4 Å². The first-order chi connectivity index (χ1) is 9.15. The molecule has 1 atom stereocenters. The molecular weight excluding hydrogens is 254 g/mol. The number of carbonyl (C=O) groups is 1. The fourth-order valence-corrected chi connectivity index (χ4v) is 1.68. The van der Waals surface area contributed by atoms with Gasteiger partial charge in [-0.3, -0.25) is 4.79 Å². The molecule has 0 aliphatic heterocycles. The van der Waals surface area contributed by atoms with Gasteiger partial charge in [-0.15, -0.1) is 0 Å². The molecule has 0 radical (unpaired) electrons. The average Bonchev–Trinajstić information content (AvgIpc) is 2.36. The Balaban J connectivity index is 3.13. The lowest BCUT2D eigenvalue weighted by molar-refractivity contribution is -0.138. The maximum atomic E-state index is 11.8. The van der Waals surface area contributed by atoms with Gasteiger partial charge in [0.2, 0.25) is 0 Å². The van der Waals surface area contributed by atoms with E-state index >= 15 is 0 Å². The molecule has 3 N–H and O–H groups in total. The van der Waals surface area contributed by atoms with Crippen molar-refractivity contribution in [1.29, 1.82) is 0 Å². The average molecular weight is 279 g/mol. The van der Waals surface area contributed by atoms with Crippen LogP contribution in [0.1, 0.15) is 51.7 Å². The molecule has 1 rings (SSSR count). The monoisotopic (exact) mass is 279 g/mol. The zero-order chi connectivity index (χ0) is 15.5. The number of nitrogens with two attached hydrogens (primary N) is 1. The number of ether oxygens (including phenoxy) is 1. The second-order valence-electron chi connectivity index (χ2n) is 6.06. The third kappa shape index (κ3) is 4.32. The van der Waals surface area contributed by atoms with Crippen molar-refractivity contribution in [3.63, 3.8) is 0 Å². The summed E-state index contributed by atoms with van der Waals surface area (Å²) in [6.07, 6.45) is 0. The molecule has 20 heavy (non-hydrogen) atoms. The van der Waals surface area contributed by atoms with Gasteiger partial charge in [-0.05, 0) is 43.0 Å². The highest BCUT2D eigenvalue weighted by Crippen LogP contribution is 2.29. The van der Waals surface area contributed by atoms with Gasteiger partial charge >= 0.3 is 5.97 Å². The third-order valence-electron chi connectivity index (χ3n) is 3.28. The molecule has 0 aliphatic carbocycles. The minimum atomic E-state index is -0.981. The van der Waals surface area contributed by atoms with Crippen LogP contribution >= 0.6 is 0 Å². The minimum absolute atomic E-state index is 0.251. The van der Waals surface area contributed by atoms with Crippen LogP contribution in [0.5, 0.6) is 5.75 Å². The normalized spacial score (nSPS) is 13.4. The molecule has 4 nitrogen and oxygen atoms in total. The first-order valence-electron chi connectivity index (χ1n) is 6.94. The summed E-state index contributed by atoms with van der Waals surface area (Å²) in [6, 6.07) is 5.47. The summed E-state index contributed by atoms with van der Waals surface area (Å²) < 4.78 is 5.36. The first kappa shape index (κ1) is 16.7. The second-order valence-corrected chi connectivity index (χ2v) is 6.06. The van der Waals surface area contributed by atoms with E-state index < -0.39 is 5.60 Å². The first-order valence-corrected chi connectivity index (χ1v) is 6.94. The maximum absolute atomic E-state index is 11.8. The number of hydrogen-bond donors (Lipinski definition) is 2. The lowest BCUT2D eigenvalue weighted by Crippen LogP contribution is -2.25. The Bertz CT molecular complexity index is 475. The van der Waals surface area contributed by atoms with Gasteiger partial charge in [-0.25, -0.2) is 0 Å². The van der Waals surface area contributed by atoms with E-state index in [0.29, 0.717) is 5.75 Å². The highest BCUT2D eigenvalue weighted by Gasteiger charge is 2.20. The van der Waals surface area contributed by atoms with Crippen molar-refractivity contribution < 1.29 is 14.6 Å². The van der Waals surface area contributed by atoms with E-state index in [1.165, 1.54) is 0 Å². The van der Waals surface area contributed by atoms with Crippen molar-refractivity contribution in [3.05, 3.63) is 29.3 Å². The summed E-state index contributed by atoms with van der Waals surface area (Å²) in [5.41, 5.74) is 6.23. The fourth-order valence-electron chi connectivity index (χ4n) is 1.68. The van der Waals surface area contributed by atoms with E-state index in [-0.39, 0.29) is 24.3 Å². The minimum Gasteiger partial charge on any atom is -0.426 e. The Morgan fingerprint density at radius 2 is 1.90 bits per heavy atom. The largest absolute Gasteiger partial charge is 0.426 e. The maximum Gasteiger partial charge on any atom is 0.315 e. The molecule has 0 saturated heterocycles. The van der Waals surface area contributed by atoms with E-state index in [1.54, 1.807) is 26.8 Å². The molecule has 4 heteroatoms. The van der Waals surface area contributed by atoms with E-state index in [4.69, 9.17) is 10.5 Å². The summed E-state index contributed by atoms with van der Waals surface area (Å²) in [4.78, 5) is 11.8. The molecule has 0 fully saturated rings. The Kier molecular flexibility index (Phi) is 5.31. The summed E-state index contributed by atoms with van der Waals surface area (Å²) in [5.74, 6) is 0.0405. The number of hydrogen-bond acceptors (Lipinski definition) is 4. The van der Waals surface area contributed by atoms with Crippen LogP contribution in [0.4, 0.5) is 0 Å². The molecule has 0 spiro atoms. The summed E-state index contributed by atoms with van der Waals surface area (Å²) >= 11 is 0. The lowest BCUT2D eigenvalue weighted by Gasteiger charge is -2.21. The van der Waals surface area contributed by atoms with Crippen LogP contribution in [0.15, 0.2) is 18.2 Å². The summed E-state index contributed by atoms with van der Waals surface area (Å²) in [7, 11) is 0. The van der Waals surface area contributed by atoms with Crippen LogP contribution in [0.3, 0.4) is 0 Å². The van der Waals surface area contributed by atoms with Crippen molar-refractivity contribution in [2.45, 2.75) is 46.1 Å². The third-order valence-corrected chi connectivity index (χ3v) is 3.28. The molecule has 112 valence electrons. The molecule has 1 aromatic rings. The SMILES string of the molecule is CC(CN)C(=O)Oc1cc(C(C)C)cc(C(C)(C)O)c1. The van der Waals surface area contributed by atoms with Gasteiger partial charge in [0.25, 0.3) is 0 Å². The van der Waals surface area contributed by atoms with E-state index in [9.17, 15) is 9.90 Å². The molecule has 1 aromatic carbocycles. The topological polar surface area (TPSA) is 72.6 Å².